The van der Waals surface area contributed by atoms with Crippen LogP contribution in [0.1, 0.15) is 22.8 Å². The third-order valence-corrected chi connectivity index (χ3v) is 6.39. The van der Waals surface area contributed by atoms with Crippen LogP contribution in [0, 0.1) is 10.1 Å². The number of benzene rings is 3. The SMILES string of the molecule is CC1=NN(c2nc(-c3cccc([N+](=O)[O-])c3)cs2)C(=O)C1N=Nc1ccc(C(=O)c2ccccc2)cc1. The van der Waals surface area contributed by atoms with Crippen LogP contribution >= 0.6 is 11.3 Å². The molecule has 2 heterocycles. The second kappa shape index (κ2) is 9.99. The van der Waals surface area contributed by atoms with Gasteiger partial charge in [0.15, 0.2) is 11.8 Å². The summed E-state index contributed by atoms with van der Waals surface area (Å²) in [5, 5.41) is 26.9. The van der Waals surface area contributed by atoms with Crippen LogP contribution in [-0.4, -0.2) is 33.4 Å². The van der Waals surface area contributed by atoms with Crippen molar-refractivity contribution in [2.24, 2.45) is 15.3 Å². The number of hydrogen-bond donors (Lipinski definition) is 0. The van der Waals surface area contributed by atoms with Gasteiger partial charge < -0.3 is 0 Å². The fraction of sp³-hybridized carbons (Fsp3) is 0.0769. The number of ketones is 1. The van der Waals surface area contributed by atoms with Crippen LogP contribution in [0.4, 0.5) is 16.5 Å². The first-order valence-electron chi connectivity index (χ1n) is 11.1. The number of non-ortho nitro benzene ring substituents is 1. The zero-order valence-electron chi connectivity index (χ0n) is 19.4. The fourth-order valence-corrected chi connectivity index (χ4v) is 4.45. The van der Waals surface area contributed by atoms with E-state index in [1.165, 1.54) is 28.5 Å². The maximum Gasteiger partial charge on any atom is 0.282 e. The van der Waals surface area contributed by atoms with Crippen molar-refractivity contribution < 1.29 is 14.5 Å². The summed E-state index contributed by atoms with van der Waals surface area (Å²) in [5.74, 6) is -0.501. The summed E-state index contributed by atoms with van der Waals surface area (Å²) in [4.78, 5) is 40.6. The monoisotopic (exact) mass is 510 g/mol. The highest BCUT2D eigenvalue weighted by molar-refractivity contribution is 7.14. The summed E-state index contributed by atoms with van der Waals surface area (Å²) in [5.41, 5.74) is 3.08. The number of nitrogens with zero attached hydrogens (tertiary/aromatic N) is 6. The van der Waals surface area contributed by atoms with Gasteiger partial charge in [0, 0.05) is 34.2 Å². The van der Waals surface area contributed by atoms with E-state index in [0.29, 0.717) is 38.9 Å². The highest BCUT2D eigenvalue weighted by atomic mass is 32.1. The Labute approximate surface area is 214 Å². The van der Waals surface area contributed by atoms with E-state index < -0.39 is 16.9 Å². The number of nitro groups is 1. The lowest BCUT2D eigenvalue weighted by Crippen LogP contribution is -2.29. The maximum absolute atomic E-state index is 13.0. The minimum atomic E-state index is -0.907. The Bertz CT molecular complexity index is 1560. The number of azo groups is 1. The van der Waals surface area contributed by atoms with Crippen LogP contribution in [0.3, 0.4) is 0 Å². The van der Waals surface area contributed by atoms with Crippen LogP contribution < -0.4 is 5.01 Å². The molecule has 1 atom stereocenters. The molecule has 37 heavy (non-hydrogen) atoms. The summed E-state index contributed by atoms with van der Waals surface area (Å²) >= 11 is 1.19. The third-order valence-electron chi connectivity index (χ3n) is 5.58. The van der Waals surface area contributed by atoms with Crippen LogP contribution in [0.15, 0.2) is 99.6 Å². The Morgan fingerprint density at radius 3 is 2.49 bits per heavy atom. The van der Waals surface area contributed by atoms with Crippen molar-refractivity contribution in [3.05, 3.63) is 105 Å². The number of carbonyl (C=O) groups is 2. The number of amides is 1. The molecule has 182 valence electrons. The Balaban J connectivity index is 1.29. The molecule has 0 saturated carbocycles. The Morgan fingerprint density at radius 1 is 1.03 bits per heavy atom. The topological polar surface area (TPSA) is 130 Å². The second-order valence-corrected chi connectivity index (χ2v) is 8.91. The Hall–Kier alpha value is -4.90. The average Bonchev–Trinajstić information content (AvgIpc) is 3.52. The molecule has 0 radical (unpaired) electrons. The van der Waals surface area contributed by atoms with E-state index in [9.17, 15) is 19.7 Å². The first-order valence-corrected chi connectivity index (χ1v) is 12.0. The molecule has 1 unspecified atom stereocenters. The molecule has 4 aromatic rings. The number of hydrogen-bond acceptors (Lipinski definition) is 9. The van der Waals surface area contributed by atoms with Crippen LogP contribution in [-0.2, 0) is 4.79 Å². The molecule has 1 aromatic heterocycles. The molecular weight excluding hydrogens is 492 g/mol. The lowest BCUT2D eigenvalue weighted by atomic mass is 10.0. The number of thiazole rings is 1. The van der Waals surface area contributed by atoms with Gasteiger partial charge in [0.1, 0.15) is 0 Å². The number of hydrazone groups is 1. The summed E-state index contributed by atoms with van der Waals surface area (Å²) < 4.78 is 0. The van der Waals surface area contributed by atoms with Crippen molar-refractivity contribution in [3.63, 3.8) is 0 Å². The fourth-order valence-electron chi connectivity index (χ4n) is 3.66. The molecule has 11 heteroatoms. The molecule has 1 aliphatic heterocycles. The van der Waals surface area contributed by atoms with E-state index in [0.717, 1.165) is 0 Å². The molecule has 1 amide bonds. The van der Waals surface area contributed by atoms with E-state index >= 15 is 0 Å². The number of aromatic nitrogens is 1. The van der Waals surface area contributed by atoms with Gasteiger partial charge in [-0.05, 0) is 31.2 Å². The van der Waals surface area contributed by atoms with Gasteiger partial charge in [-0.25, -0.2) is 4.98 Å². The quantitative estimate of drug-likeness (QED) is 0.134. The molecule has 0 N–H and O–H groups in total. The smallest absolute Gasteiger partial charge is 0.282 e. The van der Waals surface area contributed by atoms with Gasteiger partial charge in [0.25, 0.3) is 11.6 Å². The summed E-state index contributed by atoms with van der Waals surface area (Å²) in [6, 6.07) is 20.8. The van der Waals surface area contributed by atoms with Crippen LogP contribution in [0.5, 0.6) is 0 Å². The molecule has 0 fully saturated rings. The number of nitro benzene ring substituents is 1. The summed E-state index contributed by atoms with van der Waals surface area (Å²) in [6.07, 6.45) is 0. The summed E-state index contributed by atoms with van der Waals surface area (Å²) in [7, 11) is 0. The zero-order chi connectivity index (χ0) is 25.9. The van der Waals surface area contributed by atoms with Crippen molar-refractivity contribution in [3.8, 4) is 11.3 Å². The predicted octanol–water partition coefficient (Wildman–Crippen LogP) is 5.82. The Morgan fingerprint density at radius 2 is 1.76 bits per heavy atom. The third kappa shape index (κ3) is 4.93. The van der Waals surface area contributed by atoms with E-state index in [4.69, 9.17) is 0 Å². The number of carbonyl (C=O) groups excluding carboxylic acids is 2. The molecule has 0 spiro atoms. The number of rotatable bonds is 7. The highest BCUT2D eigenvalue weighted by Crippen LogP contribution is 2.32. The lowest BCUT2D eigenvalue weighted by molar-refractivity contribution is -0.384. The molecule has 3 aromatic carbocycles. The molecular formula is C26H18N6O4S. The molecule has 0 saturated heterocycles. The van der Waals surface area contributed by atoms with E-state index in [1.807, 2.05) is 18.2 Å². The van der Waals surface area contributed by atoms with Gasteiger partial charge in [0.2, 0.25) is 5.13 Å². The standard InChI is InChI=1S/C26H18N6O4S/c1-16-23(29-28-20-12-10-18(11-13-20)24(33)17-6-3-2-4-7-17)25(34)31(30-16)26-27-22(15-37-26)19-8-5-9-21(14-19)32(35)36/h2-15,23H,1H3. The lowest BCUT2D eigenvalue weighted by Gasteiger charge is -2.08. The maximum atomic E-state index is 13.0. The van der Waals surface area contributed by atoms with Gasteiger partial charge >= 0.3 is 0 Å². The molecule has 0 aliphatic carbocycles. The van der Waals surface area contributed by atoms with Gasteiger partial charge in [-0.2, -0.15) is 20.3 Å². The van der Waals surface area contributed by atoms with Gasteiger partial charge in [0.05, 0.1) is 22.0 Å². The van der Waals surface area contributed by atoms with Crippen LogP contribution in [0.2, 0.25) is 0 Å². The van der Waals surface area contributed by atoms with Gasteiger partial charge in [-0.1, -0.05) is 42.5 Å². The first-order chi connectivity index (χ1) is 17.9. The van der Waals surface area contributed by atoms with Gasteiger partial charge in [-0.15, -0.1) is 11.3 Å². The highest BCUT2D eigenvalue weighted by Gasteiger charge is 2.36. The van der Waals surface area contributed by atoms with Crippen molar-refractivity contribution in [2.75, 3.05) is 5.01 Å². The number of anilines is 1. The van der Waals surface area contributed by atoms with Crippen molar-refractivity contribution in [1.29, 1.82) is 0 Å². The van der Waals surface area contributed by atoms with Crippen LogP contribution in [0.25, 0.3) is 11.3 Å². The summed E-state index contributed by atoms with van der Waals surface area (Å²) in [6.45, 7) is 1.68. The zero-order valence-corrected chi connectivity index (χ0v) is 20.2. The predicted molar refractivity (Wildman–Crippen MR) is 139 cm³/mol. The molecule has 5 rings (SSSR count). The molecule has 0 bridgehead atoms. The van der Waals surface area contributed by atoms with E-state index in [-0.39, 0.29) is 11.5 Å². The van der Waals surface area contributed by atoms with Gasteiger partial charge in [-0.3, -0.25) is 19.7 Å². The van der Waals surface area contributed by atoms with E-state index in [2.05, 4.69) is 20.3 Å². The minimum Gasteiger partial charge on any atom is -0.289 e. The minimum absolute atomic E-state index is 0.0453. The second-order valence-electron chi connectivity index (χ2n) is 8.07. The normalized spacial score (nSPS) is 15.3. The van der Waals surface area contributed by atoms with Crippen molar-refractivity contribution in [1.82, 2.24) is 4.98 Å². The Kier molecular flexibility index (Phi) is 6.43. The van der Waals surface area contributed by atoms with Crippen molar-refractivity contribution in [2.45, 2.75) is 13.0 Å². The molecule has 1 aliphatic rings. The first kappa shape index (κ1) is 23.8. The van der Waals surface area contributed by atoms with Crippen molar-refractivity contribution >= 4 is 45.2 Å². The largest absolute Gasteiger partial charge is 0.289 e. The molecule has 10 nitrogen and oxygen atoms in total. The van der Waals surface area contributed by atoms with E-state index in [1.54, 1.807) is 60.8 Å². The average molecular weight is 511 g/mol.